The van der Waals surface area contributed by atoms with Crippen molar-refractivity contribution in [2.75, 3.05) is 13.1 Å². The molecule has 0 unspecified atom stereocenters. The molecule has 9 rings (SSSR count). The van der Waals surface area contributed by atoms with Gasteiger partial charge in [0.15, 0.2) is 14.1 Å². The molecule has 2 aromatic carbocycles. The Morgan fingerprint density at radius 1 is 1.07 bits per heavy atom. The maximum absolute atomic E-state index is 17.7. The Kier molecular flexibility index (Phi) is 10.8. The number of amides is 2. The first-order valence-electron chi connectivity index (χ1n) is 21.6. The van der Waals surface area contributed by atoms with Gasteiger partial charge < -0.3 is 23.5 Å². The van der Waals surface area contributed by atoms with E-state index in [1.54, 1.807) is 18.2 Å². The number of nitrogens with zero attached hydrogens (tertiary/aromatic N) is 5. The van der Waals surface area contributed by atoms with Gasteiger partial charge in [-0.25, -0.2) is 14.2 Å². The molecule has 0 spiro atoms. The molecular formula is C48H58Cl2FN5O4Si. The molecule has 0 N–H and O–H groups in total. The van der Waals surface area contributed by atoms with Crippen LogP contribution in [0.25, 0.3) is 38.5 Å². The van der Waals surface area contributed by atoms with E-state index in [2.05, 4.69) is 69.0 Å². The highest BCUT2D eigenvalue weighted by Crippen LogP contribution is 2.56. The van der Waals surface area contributed by atoms with Gasteiger partial charge in [-0.15, -0.1) is 0 Å². The number of ether oxygens (including phenoxy) is 1. The molecule has 13 heteroatoms. The zero-order valence-corrected chi connectivity index (χ0v) is 39.7. The van der Waals surface area contributed by atoms with Crippen LogP contribution in [0.4, 0.5) is 9.18 Å². The third kappa shape index (κ3) is 7.47. The molecule has 2 aliphatic carbocycles. The zero-order valence-electron chi connectivity index (χ0n) is 37.1. The van der Waals surface area contributed by atoms with Crippen LogP contribution in [-0.4, -0.2) is 70.5 Å². The Bertz CT molecular complexity index is 2550. The van der Waals surface area contributed by atoms with Gasteiger partial charge in [-0.2, -0.15) is 5.26 Å². The normalized spacial score (nSPS) is 23.4. The number of hydrogen-bond acceptors (Lipinski definition) is 6. The second-order valence-corrected chi connectivity index (χ2v) is 26.3. The van der Waals surface area contributed by atoms with E-state index in [0.717, 1.165) is 35.9 Å². The molecule has 5 heterocycles. The van der Waals surface area contributed by atoms with E-state index < -0.39 is 25.2 Å². The molecule has 2 saturated carbocycles. The minimum atomic E-state index is -2.24. The minimum Gasteiger partial charge on any atom is -0.444 e. The van der Waals surface area contributed by atoms with Crippen molar-refractivity contribution >= 4 is 70.9 Å². The van der Waals surface area contributed by atoms with Gasteiger partial charge in [0, 0.05) is 64.9 Å². The van der Waals surface area contributed by atoms with Crippen LogP contribution in [0.3, 0.4) is 0 Å². The van der Waals surface area contributed by atoms with E-state index in [4.69, 9.17) is 37.3 Å². The van der Waals surface area contributed by atoms with Gasteiger partial charge in [-0.05, 0) is 101 Å². The number of likely N-dealkylation sites (tertiary alicyclic amines) is 1. The average molecular weight is 887 g/mol. The number of nitriles is 1. The molecule has 2 aromatic heterocycles. The lowest BCUT2D eigenvalue weighted by molar-refractivity contribution is -0.137. The highest BCUT2D eigenvalue weighted by molar-refractivity contribution is 6.74. The number of aromatic nitrogens is 2. The number of hydrogen-bond donors (Lipinski definition) is 0. The molecular weight excluding hydrogens is 829 g/mol. The van der Waals surface area contributed by atoms with Crippen molar-refractivity contribution in [2.45, 2.75) is 142 Å². The number of rotatable bonds is 9. The smallest absolute Gasteiger partial charge is 0.410 e. The standard InChI is InChI=1S/C48H58Cl2FN5O4Si/c1-26(2)40-32-23-35(34-22-29(60-61(10,11)47(6,7)8)25-54(34)44(57)48(9)17-18-48)56(42-28-21-36(42)55(24-28)45(58)59-46(3,4)5)43(32)31-20-27(14-13-19-52)37(39(51)41(31)53-40)30-15-12-16-33(49)38(30)50/h12,15-16,20,23,28-29,34,36,42H,1,13-14,17-18,21-22,24-25H2,2-11H3/t28-,29+,34-,36-,42+/m1/s1. The number of aryl methyl sites for hydroxylation is 1. The molecule has 4 aromatic rings. The van der Waals surface area contributed by atoms with Gasteiger partial charge in [0.1, 0.15) is 11.1 Å². The van der Waals surface area contributed by atoms with Crippen LogP contribution in [0.5, 0.6) is 0 Å². The first-order chi connectivity index (χ1) is 28.5. The molecule has 2 amide bonds. The number of fused-ring (bicyclic) bond motifs is 4. The number of carbonyl (C=O) groups is 2. The molecule has 5 aliphatic rings. The summed E-state index contributed by atoms with van der Waals surface area (Å²) in [6.07, 6.45) is 2.92. The van der Waals surface area contributed by atoms with Crippen molar-refractivity contribution in [3.8, 4) is 17.2 Å². The fourth-order valence-corrected chi connectivity index (χ4v) is 11.4. The number of allylic oxidation sites excluding steroid dienone is 1. The van der Waals surface area contributed by atoms with E-state index in [-0.39, 0.29) is 81.2 Å². The lowest BCUT2D eigenvalue weighted by atomic mass is 9.79. The van der Waals surface area contributed by atoms with E-state index in [0.29, 0.717) is 47.3 Å². The molecule has 324 valence electrons. The van der Waals surface area contributed by atoms with Gasteiger partial charge in [-0.1, -0.05) is 69.6 Å². The number of halogens is 3. The summed E-state index contributed by atoms with van der Waals surface area (Å²) in [4.78, 5) is 37.5. The Balaban J connectivity index is 1.41. The maximum atomic E-state index is 17.7. The predicted molar refractivity (Wildman–Crippen MR) is 244 cm³/mol. The molecule has 5 fully saturated rings. The van der Waals surface area contributed by atoms with Crippen LogP contribution in [0.1, 0.15) is 117 Å². The zero-order chi connectivity index (χ0) is 44.3. The Morgan fingerprint density at radius 2 is 1.77 bits per heavy atom. The van der Waals surface area contributed by atoms with Crippen LogP contribution in [0.15, 0.2) is 36.9 Å². The van der Waals surface area contributed by atoms with E-state index >= 15 is 4.39 Å². The second kappa shape index (κ2) is 15.1. The van der Waals surface area contributed by atoms with E-state index in [1.165, 1.54) is 0 Å². The highest BCUT2D eigenvalue weighted by atomic mass is 35.5. The predicted octanol–water partition coefficient (Wildman–Crippen LogP) is 12.4. The first-order valence-corrected chi connectivity index (χ1v) is 25.3. The van der Waals surface area contributed by atoms with E-state index in [9.17, 15) is 14.9 Å². The number of pyridine rings is 1. The second-order valence-electron chi connectivity index (χ2n) is 20.8. The third-order valence-corrected chi connectivity index (χ3v) is 19.4. The molecule has 0 radical (unpaired) electrons. The quantitative estimate of drug-likeness (QED) is 0.155. The van der Waals surface area contributed by atoms with Crippen LogP contribution in [-0.2, 0) is 20.4 Å². The molecule has 5 atom stereocenters. The van der Waals surface area contributed by atoms with Gasteiger partial charge >= 0.3 is 6.09 Å². The Morgan fingerprint density at radius 3 is 2.39 bits per heavy atom. The van der Waals surface area contributed by atoms with Gasteiger partial charge in [0.2, 0.25) is 5.91 Å². The highest BCUT2D eigenvalue weighted by Gasteiger charge is 2.58. The van der Waals surface area contributed by atoms with Gasteiger partial charge in [-0.3, -0.25) is 4.79 Å². The molecule has 9 nitrogen and oxygen atoms in total. The average Bonchev–Trinajstić information content (AvgIpc) is 3.54. The van der Waals surface area contributed by atoms with Crippen molar-refractivity contribution in [1.29, 1.82) is 5.26 Å². The summed E-state index contributed by atoms with van der Waals surface area (Å²) in [7, 11) is -2.24. The Labute approximate surface area is 370 Å². The SMILES string of the molecule is C=C(C)c1nc2c(F)c(-c3cccc(Cl)c3Cl)c(CCC#N)cc2c2c1cc([C@H]1C[C@H](O[Si](C)(C)C(C)(C)C)CN1C(=O)C1(C)CC1)n2[C@H]1[C@@H]2C[C@H]1N(C(=O)OC(C)(C)C)C2. The summed E-state index contributed by atoms with van der Waals surface area (Å²) in [5.74, 6) is -0.359. The summed E-state index contributed by atoms with van der Waals surface area (Å²) < 4.78 is 33.1. The summed E-state index contributed by atoms with van der Waals surface area (Å²) >= 11 is 13.3. The molecule has 61 heavy (non-hydrogen) atoms. The van der Waals surface area contributed by atoms with Crippen molar-refractivity contribution in [1.82, 2.24) is 19.4 Å². The van der Waals surface area contributed by atoms with Crippen molar-refractivity contribution in [3.05, 3.63) is 69.7 Å². The minimum absolute atomic E-state index is 0.0317. The lowest BCUT2D eigenvalue weighted by Gasteiger charge is -2.41. The summed E-state index contributed by atoms with van der Waals surface area (Å²) in [6.45, 7) is 26.1. The summed E-state index contributed by atoms with van der Waals surface area (Å²) in [6, 6.07) is 10.7. The largest absolute Gasteiger partial charge is 0.444 e. The van der Waals surface area contributed by atoms with Crippen molar-refractivity contribution < 1.29 is 23.1 Å². The number of carbonyl (C=O) groups excluding carboxylic acids is 2. The maximum Gasteiger partial charge on any atom is 0.410 e. The van der Waals surface area contributed by atoms with Crippen LogP contribution in [0, 0.1) is 28.5 Å². The van der Waals surface area contributed by atoms with Crippen molar-refractivity contribution in [2.24, 2.45) is 11.3 Å². The lowest BCUT2D eigenvalue weighted by Crippen LogP contribution is -2.45. The van der Waals surface area contributed by atoms with Gasteiger partial charge in [0.25, 0.3) is 0 Å². The molecule has 2 bridgehead atoms. The molecule has 3 aliphatic heterocycles. The first kappa shape index (κ1) is 43.7. The molecule has 3 saturated heterocycles. The number of benzene rings is 2. The van der Waals surface area contributed by atoms with Crippen LogP contribution >= 0.6 is 23.2 Å². The fourth-order valence-electron chi connectivity index (χ4n) is 9.67. The fraction of sp³-hybridized carbons (Fsp3) is 0.542. The third-order valence-electron chi connectivity index (χ3n) is 14.1. The topological polar surface area (TPSA) is 101 Å². The summed E-state index contributed by atoms with van der Waals surface area (Å²) in [5.41, 5.74) is 3.19. The summed E-state index contributed by atoms with van der Waals surface area (Å²) in [5, 5.41) is 11.6. The monoisotopic (exact) mass is 885 g/mol. The van der Waals surface area contributed by atoms with Gasteiger partial charge in [0.05, 0.1) is 51.6 Å². The van der Waals surface area contributed by atoms with E-state index in [1.807, 2.05) is 38.7 Å². The van der Waals surface area contributed by atoms with Crippen molar-refractivity contribution in [3.63, 3.8) is 0 Å². The van der Waals surface area contributed by atoms with Crippen LogP contribution < -0.4 is 0 Å². The Hall–Kier alpha value is -3.95. The van der Waals surface area contributed by atoms with Crippen LogP contribution in [0.2, 0.25) is 28.2 Å².